The van der Waals surface area contributed by atoms with E-state index in [1.165, 1.54) is 0 Å². The van der Waals surface area contributed by atoms with Gasteiger partial charge in [-0.3, -0.25) is 0 Å². The Kier molecular flexibility index (Phi) is 5.80. The summed E-state index contributed by atoms with van der Waals surface area (Å²) in [6.07, 6.45) is 1.60. The van der Waals surface area contributed by atoms with Crippen molar-refractivity contribution >= 4 is 29.8 Å². The van der Waals surface area contributed by atoms with Crippen LogP contribution in [0.15, 0.2) is 18.3 Å². The van der Waals surface area contributed by atoms with E-state index in [1.54, 1.807) is 12.3 Å². The summed E-state index contributed by atoms with van der Waals surface area (Å²) in [5, 5.41) is 3.67. The first-order valence-corrected chi connectivity index (χ1v) is 3.76. The molecule has 0 saturated carbocycles. The molecule has 0 unspecified atom stereocenters. The fraction of sp³-hybridized carbons (Fsp3) is 0.286. The lowest BCUT2D eigenvalue weighted by atomic mass is 10.4. The molecule has 1 rings (SSSR count). The summed E-state index contributed by atoms with van der Waals surface area (Å²) in [7, 11) is 0. The zero-order valence-electron chi connectivity index (χ0n) is 6.46. The van der Waals surface area contributed by atoms with Crippen molar-refractivity contribution in [2.45, 2.75) is 0 Å². The van der Waals surface area contributed by atoms with Gasteiger partial charge in [-0.25, -0.2) is 4.98 Å². The second-order valence-corrected chi connectivity index (χ2v) is 2.51. The lowest BCUT2D eigenvalue weighted by molar-refractivity contribution is 1.01. The van der Waals surface area contributed by atoms with Gasteiger partial charge in [0.2, 0.25) is 0 Å². The predicted octanol–water partition coefficient (Wildman–Crippen LogP) is 1.53. The molecule has 0 radical (unpaired) electrons. The van der Waals surface area contributed by atoms with Gasteiger partial charge >= 0.3 is 0 Å². The maximum atomic E-state index is 5.63. The number of nitrogens with one attached hydrogen (secondary N) is 1. The van der Waals surface area contributed by atoms with Gasteiger partial charge < -0.3 is 11.1 Å². The van der Waals surface area contributed by atoms with Gasteiger partial charge in [-0.1, -0.05) is 11.6 Å². The summed E-state index contributed by atoms with van der Waals surface area (Å²) in [6.45, 7) is 1.33. The fourth-order valence-electron chi connectivity index (χ4n) is 0.681. The van der Waals surface area contributed by atoms with Crippen LogP contribution in [0.25, 0.3) is 0 Å². The van der Waals surface area contributed by atoms with Crippen molar-refractivity contribution in [3.8, 4) is 0 Å². The average molecular weight is 208 g/mol. The number of aromatic nitrogens is 1. The molecule has 1 aromatic rings. The summed E-state index contributed by atoms with van der Waals surface area (Å²) < 4.78 is 0. The standard InChI is InChI=1S/C7H10ClN3.ClH/c8-6-1-2-7(11-5-6)10-4-3-9;/h1-2,5H,3-4,9H2,(H,10,11);1H. The van der Waals surface area contributed by atoms with Crippen molar-refractivity contribution in [3.05, 3.63) is 23.4 Å². The van der Waals surface area contributed by atoms with Crippen LogP contribution in [-0.4, -0.2) is 18.1 Å². The molecule has 5 heteroatoms. The largest absolute Gasteiger partial charge is 0.369 e. The molecule has 0 aromatic carbocycles. The maximum Gasteiger partial charge on any atom is 0.126 e. The van der Waals surface area contributed by atoms with E-state index in [-0.39, 0.29) is 12.4 Å². The predicted molar refractivity (Wildman–Crippen MR) is 54.0 cm³/mol. The lowest BCUT2D eigenvalue weighted by Crippen LogP contribution is -2.13. The monoisotopic (exact) mass is 207 g/mol. The van der Waals surface area contributed by atoms with E-state index in [2.05, 4.69) is 10.3 Å². The third kappa shape index (κ3) is 3.76. The van der Waals surface area contributed by atoms with Crippen LogP contribution in [0.5, 0.6) is 0 Å². The zero-order chi connectivity index (χ0) is 8.10. The molecule has 0 atom stereocenters. The van der Waals surface area contributed by atoms with Crippen molar-refractivity contribution in [2.75, 3.05) is 18.4 Å². The first-order chi connectivity index (χ1) is 5.33. The molecular formula is C7H11Cl2N3. The van der Waals surface area contributed by atoms with E-state index in [0.717, 1.165) is 12.4 Å². The van der Waals surface area contributed by atoms with Crippen molar-refractivity contribution in [3.63, 3.8) is 0 Å². The highest BCUT2D eigenvalue weighted by molar-refractivity contribution is 6.30. The van der Waals surface area contributed by atoms with Gasteiger partial charge in [0.05, 0.1) is 5.02 Å². The Balaban J connectivity index is 0.00000121. The number of halogens is 2. The highest BCUT2D eigenvalue weighted by atomic mass is 35.5. The van der Waals surface area contributed by atoms with Gasteiger partial charge in [0, 0.05) is 19.3 Å². The molecule has 0 amide bonds. The summed E-state index contributed by atoms with van der Waals surface area (Å²) in [5.41, 5.74) is 5.29. The van der Waals surface area contributed by atoms with Gasteiger partial charge in [-0.2, -0.15) is 0 Å². The Morgan fingerprint density at radius 2 is 2.25 bits per heavy atom. The Morgan fingerprint density at radius 1 is 1.50 bits per heavy atom. The molecule has 0 fully saturated rings. The molecule has 1 aromatic heterocycles. The second kappa shape index (κ2) is 6.06. The minimum Gasteiger partial charge on any atom is -0.369 e. The minimum absolute atomic E-state index is 0. The summed E-state index contributed by atoms with van der Waals surface area (Å²) in [6, 6.07) is 3.60. The van der Waals surface area contributed by atoms with Crippen molar-refractivity contribution in [1.29, 1.82) is 0 Å². The van der Waals surface area contributed by atoms with Crippen LogP contribution in [0, 0.1) is 0 Å². The average Bonchev–Trinajstić information content (AvgIpc) is 2.04. The minimum atomic E-state index is 0. The first-order valence-electron chi connectivity index (χ1n) is 3.38. The van der Waals surface area contributed by atoms with Crippen molar-refractivity contribution in [2.24, 2.45) is 5.73 Å². The molecule has 12 heavy (non-hydrogen) atoms. The molecule has 0 aliphatic carbocycles. The molecule has 0 saturated heterocycles. The third-order valence-corrected chi connectivity index (χ3v) is 1.40. The molecule has 3 N–H and O–H groups in total. The number of hydrogen-bond donors (Lipinski definition) is 2. The summed E-state index contributed by atoms with van der Waals surface area (Å²) in [5.74, 6) is 0.805. The summed E-state index contributed by atoms with van der Waals surface area (Å²) in [4.78, 5) is 4.02. The van der Waals surface area contributed by atoms with E-state index >= 15 is 0 Å². The van der Waals surface area contributed by atoms with Crippen LogP contribution in [0.3, 0.4) is 0 Å². The molecule has 3 nitrogen and oxygen atoms in total. The van der Waals surface area contributed by atoms with E-state index in [1.807, 2.05) is 6.07 Å². The lowest BCUT2D eigenvalue weighted by Gasteiger charge is -2.01. The summed E-state index contributed by atoms with van der Waals surface area (Å²) >= 11 is 5.63. The highest BCUT2D eigenvalue weighted by Gasteiger charge is 1.90. The number of anilines is 1. The first kappa shape index (κ1) is 11.5. The fourth-order valence-corrected chi connectivity index (χ4v) is 0.792. The van der Waals surface area contributed by atoms with Crippen LogP contribution >= 0.6 is 24.0 Å². The Morgan fingerprint density at radius 3 is 2.75 bits per heavy atom. The number of pyridine rings is 1. The molecule has 68 valence electrons. The van der Waals surface area contributed by atoms with Gasteiger partial charge in [-0.15, -0.1) is 12.4 Å². The van der Waals surface area contributed by atoms with Crippen molar-refractivity contribution in [1.82, 2.24) is 4.98 Å². The molecule has 1 heterocycles. The number of hydrogen-bond acceptors (Lipinski definition) is 3. The molecule has 0 bridgehead atoms. The van der Waals surface area contributed by atoms with Crippen LogP contribution in [0.4, 0.5) is 5.82 Å². The van der Waals surface area contributed by atoms with Crippen LogP contribution < -0.4 is 11.1 Å². The highest BCUT2D eigenvalue weighted by Crippen LogP contribution is 2.08. The Labute approximate surface area is 82.7 Å². The maximum absolute atomic E-state index is 5.63. The topological polar surface area (TPSA) is 50.9 Å². The van der Waals surface area contributed by atoms with Crippen LogP contribution in [0.2, 0.25) is 5.02 Å². The zero-order valence-corrected chi connectivity index (χ0v) is 8.03. The Bertz CT molecular complexity index is 212. The quantitative estimate of drug-likeness (QED) is 0.791. The smallest absolute Gasteiger partial charge is 0.126 e. The number of nitrogens with two attached hydrogens (primary N) is 1. The SMILES string of the molecule is Cl.NCCNc1ccc(Cl)cn1. The van der Waals surface area contributed by atoms with Gasteiger partial charge in [0.1, 0.15) is 5.82 Å². The van der Waals surface area contributed by atoms with Crippen LogP contribution in [-0.2, 0) is 0 Å². The molecular weight excluding hydrogens is 197 g/mol. The number of rotatable bonds is 3. The molecule has 0 aliphatic rings. The van der Waals surface area contributed by atoms with Gasteiger partial charge in [-0.05, 0) is 12.1 Å². The van der Waals surface area contributed by atoms with E-state index < -0.39 is 0 Å². The van der Waals surface area contributed by atoms with Crippen LogP contribution in [0.1, 0.15) is 0 Å². The van der Waals surface area contributed by atoms with Gasteiger partial charge in [0.15, 0.2) is 0 Å². The van der Waals surface area contributed by atoms with E-state index in [9.17, 15) is 0 Å². The third-order valence-electron chi connectivity index (χ3n) is 1.18. The Hall–Kier alpha value is -0.510. The van der Waals surface area contributed by atoms with Gasteiger partial charge in [0.25, 0.3) is 0 Å². The van der Waals surface area contributed by atoms with E-state index in [0.29, 0.717) is 11.6 Å². The second-order valence-electron chi connectivity index (χ2n) is 2.08. The normalized spacial score (nSPS) is 8.83. The number of nitrogens with zero attached hydrogens (tertiary/aromatic N) is 1. The molecule has 0 aliphatic heterocycles. The van der Waals surface area contributed by atoms with Crippen molar-refractivity contribution < 1.29 is 0 Å². The molecule has 0 spiro atoms. The van der Waals surface area contributed by atoms with E-state index in [4.69, 9.17) is 17.3 Å².